The number of nitrogens with one attached hydrogen (secondary N) is 2. The molecule has 0 bridgehead atoms. The largest absolute Gasteiger partial charge is 0.494 e. The second-order valence-corrected chi connectivity index (χ2v) is 9.13. The molecule has 0 aliphatic carbocycles. The number of hydrogen-bond acceptors (Lipinski definition) is 5. The summed E-state index contributed by atoms with van der Waals surface area (Å²) in [5, 5.41) is 5.69. The lowest BCUT2D eigenvalue weighted by atomic mass is 9.94. The van der Waals surface area contributed by atoms with Gasteiger partial charge in [0.05, 0.1) is 34.8 Å². The monoisotopic (exact) mass is 417 g/mol. The number of rotatable bonds is 4. The summed E-state index contributed by atoms with van der Waals surface area (Å²) < 4.78 is 13.5. The number of carbonyl (C=O) groups excluding carboxylic acids is 1. The molecule has 0 spiro atoms. The maximum Gasteiger partial charge on any atom is 0.270 e. The Morgan fingerprint density at radius 2 is 2.10 bits per heavy atom. The first-order valence-corrected chi connectivity index (χ1v) is 11.1. The van der Waals surface area contributed by atoms with Crippen LogP contribution in [0.15, 0.2) is 29.1 Å². The van der Waals surface area contributed by atoms with Crippen LogP contribution in [0.3, 0.4) is 0 Å². The molecule has 2 aliphatic rings. The Morgan fingerprint density at radius 1 is 1.31 bits per heavy atom. The fraction of sp³-hybridized carbons (Fsp3) is 0.524. The zero-order valence-electron chi connectivity index (χ0n) is 17.0. The van der Waals surface area contributed by atoms with Crippen LogP contribution in [0.5, 0.6) is 5.75 Å². The van der Waals surface area contributed by atoms with Crippen LogP contribution in [0.1, 0.15) is 56.0 Å². The van der Waals surface area contributed by atoms with Crippen LogP contribution >= 0.6 is 11.8 Å². The van der Waals surface area contributed by atoms with Crippen LogP contribution in [0.2, 0.25) is 0 Å². The molecule has 1 fully saturated rings. The number of ether oxygens (including phenoxy) is 2. The number of para-hydroxylation sites is 1. The first kappa shape index (κ1) is 20.1. The Morgan fingerprint density at radius 3 is 2.86 bits per heavy atom. The van der Waals surface area contributed by atoms with E-state index < -0.39 is 0 Å². The molecule has 2 atom stereocenters. The number of hydrogen-bond donors (Lipinski definition) is 2. The van der Waals surface area contributed by atoms with Crippen LogP contribution in [-0.4, -0.2) is 40.3 Å². The summed E-state index contributed by atoms with van der Waals surface area (Å²) >= 11 is 1.45. The Balaban J connectivity index is 1.81. The molecule has 7 nitrogen and oxygen atoms in total. The lowest BCUT2D eigenvalue weighted by molar-refractivity contribution is -0.113. The summed E-state index contributed by atoms with van der Waals surface area (Å²) in [6.07, 6.45) is 1.54. The highest BCUT2D eigenvalue weighted by Gasteiger charge is 2.36. The molecular formula is C21H27N3O4S. The third kappa shape index (κ3) is 3.96. The Bertz CT molecular complexity index is 965. The van der Waals surface area contributed by atoms with E-state index in [4.69, 9.17) is 9.47 Å². The first-order chi connectivity index (χ1) is 13.9. The number of anilines is 1. The van der Waals surface area contributed by atoms with E-state index in [1.807, 2.05) is 35.9 Å². The number of carbonyl (C=O) groups is 1. The Kier molecular flexibility index (Phi) is 5.48. The normalized spacial score (nSPS) is 23.8. The van der Waals surface area contributed by atoms with Crippen molar-refractivity contribution >= 4 is 23.5 Å². The molecule has 0 unspecified atom stereocenters. The van der Waals surface area contributed by atoms with E-state index in [-0.39, 0.29) is 34.1 Å². The molecule has 1 saturated heterocycles. The molecule has 2 N–H and O–H groups in total. The number of thioether (sulfide) groups is 1. The Labute approximate surface area is 174 Å². The molecule has 29 heavy (non-hydrogen) atoms. The highest BCUT2D eigenvalue weighted by atomic mass is 32.2. The van der Waals surface area contributed by atoms with Crippen LogP contribution in [0.25, 0.3) is 0 Å². The van der Waals surface area contributed by atoms with Crippen molar-refractivity contribution in [3.8, 4) is 5.75 Å². The molecule has 2 aliphatic heterocycles. The number of aromatic nitrogens is 2. The second kappa shape index (κ2) is 7.91. The van der Waals surface area contributed by atoms with Crippen LogP contribution in [0, 0.1) is 0 Å². The molecule has 0 saturated carbocycles. The minimum atomic E-state index is -0.287. The van der Waals surface area contributed by atoms with Gasteiger partial charge in [-0.3, -0.25) is 19.4 Å². The molecule has 1 aromatic heterocycles. The number of benzene rings is 1. The number of amides is 1. The molecule has 1 amide bonds. The SMILES string of the molecule is CCOc1ccccc1[C@@H]1SCC(=O)Nc2c1c(=O)[nH]n2[C@H]1CCOC(C)(C)C1. The maximum absolute atomic E-state index is 13.1. The number of nitrogens with zero attached hydrogens (tertiary/aromatic N) is 1. The van der Waals surface area contributed by atoms with Crippen molar-refractivity contribution in [2.75, 3.05) is 24.3 Å². The molecule has 0 radical (unpaired) electrons. The fourth-order valence-corrected chi connectivity index (χ4v) is 5.32. The van der Waals surface area contributed by atoms with Crippen molar-refractivity contribution in [2.45, 2.75) is 50.5 Å². The van der Waals surface area contributed by atoms with Crippen LogP contribution < -0.4 is 15.6 Å². The molecular weight excluding hydrogens is 390 g/mol. The average Bonchev–Trinajstić information content (AvgIpc) is 2.88. The van der Waals surface area contributed by atoms with Crippen molar-refractivity contribution in [3.05, 3.63) is 45.7 Å². The van der Waals surface area contributed by atoms with Gasteiger partial charge in [0.15, 0.2) is 0 Å². The van der Waals surface area contributed by atoms with Gasteiger partial charge in [-0.1, -0.05) is 18.2 Å². The standard InChI is InChI=1S/C21H27N3O4S/c1-4-27-15-8-6-5-7-14(15)18-17-19(22-16(25)12-29-18)24(23-20(17)26)13-9-10-28-21(2,3)11-13/h5-8,13,18H,4,9-12H2,1-3H3,(H,22,25)(H,23,26)/t13-,18-/m0/s1. The van der Waals surface area contributed by atoms with Crippen molar-refractivity contribution in [3.63, 3.8) is 0 Å². The van der Waals surface area contributed by atoms with E-state index in [1.165, 1.54) is 11.8 Å². The smallest absolute Gasteiger partial charge is 0.270 e. The summed E-state index contributed by atoms with van der Waals surface area (Å²) in [7, 11) is 0. The summed E-state index contributed by atoms with van der Waals surface area (Å²) in [5.41, 5.74) is 1.04. The van der Waals surface area contributed by atoms with Gasteiger partial charge in [-0.05, 0) is 39.7 Å². The van der Waals surface area contributed by atoms with Crippen molar-refractivity contribution < 1.29 is 14.3 Å². The topological polar surface area (TPSA) is 85.4 Å². The molecule has 156 valence electrons. The molecule has 2 aromatic rings. The fourth-order valence-electron chi connectivity index (χ4n) is 4.17. The number of aromatic amines is 1. The van der Waals surface area contributed by atoms with E-state index in [0.29, 0.717) is 24.6 Å². The van der Waals surface area contributed by atoms with Gasteiger partial charge in [0.25, 0.3) is 5.56 Å². The lowest BCUT2D eigenvalue weighted by Crippen LogP contribution is -2.36. The first-order valence-electron chi connectivity index (χ1n) is 10.0. The second-order valence-electron chi connectivity index (χ2n) is 8.04. The minimum Gasteiger partial charge on any atom is -0.494 e. The van der Waals surface area contributed by atoms with Gasteiger partial charge >= 0.3 is 0 Å². The van der Waals surface area contributed by atoms with Gasteiger partial charge < -0.3 is 14.8 Å². The van der Waals surface area contributed by atoms with Gasteiger partial charge in [0.1, 0.15) is 11.6 Å². The van der Waals surface area contributed by atoms with Crippen LogP contribution in [0.4, 0.5) is 5.82 Å². The van der Waals surface area contributed by atoms with Gasteiger partial charge in [0, 0.05) is 12.2 Å². The summed E-state index contributed by atoms with van der Waals surface area (Å²) in [6.45, 7) is 7.19. The molecule has 3 heterocycles. The molecule has 8 heteroatoms. The lowest BCUT2D eigenvalue weighted by Gasteiger charge is -2.36. The van der Waals surface area contributed by atoms with E-state index in [9.17, 15) is 9.59 Å². The van der Waals surface area contributed by atoms with Crippen LogP contribution in [-0.2, 0) is 9.53 Å². The third-order valence-electron chi connectivity index (χ3n) is 5.40. The summed E-state index contributed by atoms with van der Waals surface area (Å²) in [5.74, 6) is 1.49. The highest BCUT2D eigenvalue weighted by Crippen LogP contribution is 2.44. The average molecular weight is 418 g/mol. The van der Waals surface area contributed by atoms with E-state index in [1.54, 1.807) is 0 Å². The summed E-state index contributed by atoms with van der Waals surface area (Å²) in [4.78, 5) is 25.6. The number of fused-ring (bicyclic) bond motifs is 1. The van der Waals surface area contributed by atoms with E-state index >= 15 is 0 Å². The Hall–Kier alpha value is -2.19. The quantitative estimate of drug-likeness (QED) is 0.796. The third-order valence-corrected chi connectivity index (χ3v) is 6.65. The van der Waals surface area contributed by atoms with Crippen molar-refractivity contribution in [1.82, 2.24) is 9.78 Å². The zero-order valence-corrected chi connectivity index (χ0v) is 17.8. The van der Waals surface area contributed by atoms with Crippen molar-refractivity contribution in [2.24, 2.45) is 0 Å². The van der Waals surface area contributed by atoms with Crippen molar-refractivity contribution in [1.29, 1.82) is 0 Å². The van der Waals surface area contributed by atoms with E-state index in [2.05, 4.69) is 24.3 Å². The zero-order chi connectivity index (χ0) is 20.6. The number of H-pyrrole nitrogens is 1. The van der Waals surface area contributed by atoms with Gasteiger partial charge in [0.2, 0.25) is 5.91 Å². The predicted octanol–water partition coefficient (Wildman–Crippen LogP) is 3.48. The highest BCUT2D eigenvalue weighted by molar-refractivity contribution is 8.00. The minimum absolute atomic E-state index is 0.0568. The van der Waals surface area contributed by atoms with Gasteiger partial charge in [-0.2, -0.15) is 0 Å². The van der Waals surface area contributed by atoms with Gasteiger partial charge in [-0.15, -0.1) is 11.8 Å². The molecule has 4 rings (SSSR count). The predicted molar refractivity (Wildman–Crippen MR) is 114 cm³/mol. The van der Waals surface area contributed by atoms with E-state index in [0.717, 1.165) is 24.2 Å². The maximum atomic E-state index is 13.1. The molecule has 1 aromatic carbocycles. The van der Waals surface area contributed by atoms with Gasteiger partial charge in [-0.25, -0.2) is 0 Å². The summed E-state index contributed by atoms with van der Waals surface area (Å²) in [6, 6.07) is 7.79.